The molecule has 17 heavy (non-hydrogen) atoms. The molecular formula is C12H20N4O. The van der Waals surface area contributed by atoms with Crippen molar-refractivity contribution in [2.75, 3.05) is 18.9 Å². The van der Waals surface area contributed by atoms with Gasteiger partial charge in [-0.2, -0.15) is 0 Å². The third-order valence-electron chi connectivity index (χ3n) is 2.47. The van der Waals surface area contributed by atoms with Gasteiger partial charge in [0.1, 0.15) is 5.69 Å². The molecule has 4 N–H and O–H groups in total. The maximum atomic E-state index is 11.4. The van der Waals surface area contributed by atoms with Crippen molar-refractivity contribution in [2.24, 2.45) is 5.73 Å². The topological polar surface area (TPSA) is 80.0 Å². The summed E-state index contributed by atoms with van der Waals surface area (Å²) in [5.41, 5.74) is 6.73. The fourth-order valence-corrected chi connectivity index (χ4v) is 1.57. The van der Waals surface area contributed by atoms with E-state index in [4.69, 9.17) is 5.73 Å². The number of carbonyl (C=O) groups excluding carboxylic acids is 1. The molecule has 5 heteroatoms. The summed E-state index contributed by atoms with van der Waals surface area (Å²) in [4.78, 5) is 15.4. The minimum Gasteiger partial charge on any atom is -0.380 e. The number of nitrogens with one attached hydrogen (secondary N) is 2. The lowest BCUT2D eigenvalue weighted by atomic mass is 10.0. The van der Waals surface area contributed by atoms with Crippen molar-refractivity contribution in [2.45, 2.75) is 25.8 Å². The number of hydrogen-bond acceptors (Lipinski definition) is 4. The van der Waals surface area contributed by atoms with Crippen LogP contribution in [0.5, 0.6) is 0 Å². The van der Waals surface area contributed by atoms with E-state index in [1.165, 1.54) is 0 Å². The largest absolute Gasteiger partial charge is 0.380 e. The molecule has 1 heterocycles. The van der Waals surface area contributed by atoms with Crippen LogP contribution in [0, 0.1) is 0 Å². The van der Waals surface area contributed by atoms with Crippen molar-refractivity contribution < 1.29 is 4.79 Å². The van der Waals surface area contributed by atoms with Crippen molar-refractivity contribution in [1.82, 2.24) is 10.3 Å². The number of amides is 1. The molecule has 0 atom stereocenters. The van der Waals surface area contributed by atoms with Gasteiger partial charge in [-0.05, 0) is 38.9 Å². The summed E-state index contributed by atoms with van der Waals surface area (Å²) < 4.78 is 0. The van der Waals surface area contributed by atoms with Crippen molar-refractivity contribution in [3.05, 3.63) is 24.0 Å². The predicted octanol–water partition coefficient (Wildman–Crippen LogP) is 0.980. The van der Waals surface area contributed by atoms with Gasteiger partial charge in [0, 0.05) is 24.5 Å². The maximum Gasteiger partial charge on any atom is 0.269 e. The van der Waals surface area contributed by atoms with E-state index in [-0.39, 0.29) is 11.4 Å². The molecule has 0 aliphatic heterocycles. The molecule has 0 saturated heterocycles. The van der Waals surface area contributed by atoms with Gasteiger partial charge in [0.15, 0.2) is 0 Å². The molecule has 1 aromatic rings. The number of hydrogen-bond donors (Lipinski definition) is 3. The van der Waals surface area contributed by atoms with Crippen LogP contribution < -0.4 is 16.4 Å². The molecule has 5 nitrogen and oxygen atoms in total. The highest BCUT2D eigenvalue weighted by Gasteiger charge is 2.16. The zero-order valence-corrected chi connectivity index (χ0v) is 10.6. The summed E-state index contributed by atoms with van der Waals surface area (Å²) in [7, 11) is 1.59. The number of nitrogens with two attached hydrogens (primary N) is 1. The average Bonchev–Trinajstić information content (AvgIpc) is 2.27. The van der Waals surface area contributed by atoms with Crippen LogP contribution in [0.15, 0.2) is 18.3 Å². The predicted molar refractivity (Wildman–Crippen MR) is 69.0 cm³/mol. The van der Waals surface area contributed by atoms with E-state index in [9.17, 15) is 4.79 Å². The van der Waals surface area contributed by atoms with Crippen LogP contribution in [0.4, 0.5) is 5.69 Å². The number of pyridine rings is 1. The van der Waals surface area contributed by atoms with E-state index in [1.807, 2.05) is 6.07 Å². The molecule has 1 aromatic heterocycles. The van der Waals surface area contributed by atoms with E-state index in [0.29, 0.717) is 12.2 Å². The van der Waals surface area contributed by atoms with E-state index in [2.05, 4.69) is 29.5 Å². The minimum atomic E-state index is -0.190. The van der Waals surface area contributed by atoms with Crippen molar-refractivity contribution in [1.29, 1.82) is 0 Å². The average molecular weight is 236 g/mol. The minimum absolute atomic E-state index is 0.101. The van der Waals surface area contributed by atoms with Crippen LogP contribution in [0.1, 0.15) is 30.8 Å². The fraction of sp³-hybridized carbons (Fsp3) is 0.500. The molecule has 0 aliphatic carbocycles. The quantitative estimate of drug-likeness (QED) is 0.712. The van der Waals surface area contributed by atoms with Crippen LogP contribution >= 0.6 is 0 Å². The van der Waals surface area contributed by atoms with Crippen LogP contribution in [-0.2, 0) is 0 Å². The molecule has 1 amide bonds. The summed E-state index contributed by atoms with van der Waals surface area (Å²) >= 11 is 0. The molecule has 0 spiro atoms. The molecular weight excluding hydrogens is 216 g/mol. The first-order chi connectivity index (χ1) is 7.98. The van der Waals surface area contributed by atoms with Crippen LogP contribution in [0.2, 0.25) is 0 Å². The Bertz CT molecular complexity index is 390. The number of nitrogens with zero attached hydrogens (tertiary/aromatic N) is 1. The SMILES string of the molecule is CNC(=O)c1cc(NC(C)(C)CCN)ccn1. The van der Waals surface area contributed by atoms with Crippen LogP contribution in [0.25, 0.3) is 0 Å². The van der Waals surface area contributed by atoms with Gasteiger partial charge in [0.05, 0.1) is 0 Å². The first-order valence-corrected chi connectivity index (χ1v) is 5.65. The molecule has 0 aliphatic rings. The van der Waals surface area contributed by atoms with Crippen molar-refractivity contribution in [3.63, 3.8) is 0 Å². The van der Waals surface area contributed by atoms with Gasteiger partial charge in [-0.25, -0.2) is 0 Å². The Morgan fingerprint density at radius 3 is 2.82 bits per heavy atom. The monoisotopic (exact) mass is 236 g/mol. The second kappa shape index (κ2) is 5.63. The van der Waals surface area contributed by atoms with Crippen LogP contribution in [-0.4, -0.2) is 30.0 Å². The Morgan fingerprint density at radius 1 is 1.53 bits per heavy atom. The number of anilines is 1. The lowest BCUT2D eigenvalue weighted by Gasteiger charge is -2.27. The van der Waals surface area contributed by atoms with Gasteiger partial charge in [0.2, 0.25) is 0 Å². The van der Waals surface area contributed by atoms with Gasteiger partial charge in [0.25, 0.3) is 5.91 Å². The third kappa shape index (κ3) is 4.03. The molecule has 1 rings (SSSR count). The summed E-state index contributed by atoms with van der Waals surface area (Å²) in [5, 5.41) is 5.89. The Hall–Kier alpha value is -1.62. The third-order valence-corrected chi connectivity index (χ3v) is 2.47. The zero-order valence-electron chi connectivity index (χ0n) is 10.6. The standard InChI is InChI=1S/C12H20N4O/c1-12(2,5-6-13)16-9-4-7-15-10(8-9)11(17)14-3/h4,7-8H,5-6,13H2,1-3H3,(H,14,17)(H,15,16). The second-order valence-electron chi connectivity index (χ2n) is 4.56. The molecule has 0 bridgehead atoms. The Morgan fingerprint density at radius 2 is 2.24 bits per heavy atom. The number of rotatable bonds is 5. The first-order valence-electron chi connectivity index (χ1n) is 5.65. The van der Waals surface area contributed by atoms with Gasteiger partial charge >= 0.3 is 0 Å². The number of aromatic nitrogens is 1. The summed E-state index contributed by atoms with van der Waals surface area (Å²) in [6.07, 6.45) is 2.47. The van der Waals surface area contributed by atoms with Gasteiger partial charge < -0.3 is 16.4 Å². The molecule has 94 valence electrons. The smallest absolute Gasteiger partial charge is 0.269 e. The normalized spacial score (nSPS) is 11.1. The Balaban J connectivity index is 2.82. The summed E-state index contributed by atoms with van der Waals surface area (Å²) in [5.74, 6) is -0.190. The van der Waals surface area contributed by atoms with E-state index < -0.39 is 0 Å². The first kappa shape index (κ1) is 13.4. The fourth-order valence-electron chi connectivity index (χ4n) is 1.57. The maximum absolute atomic E-state index is 11.4. The highest BCUT2D eigenvalue weighted by molar-refractivity contribution is 5.92. The van der Waals surface area contributed by atoms with Crippen LogP contribution in [0.3, 0.4) is 0 Å². The molecule has 0 fully saturated rings. The summed E-state index contributed by atoms with van der Waals surface area (Å²) in [6.45, 7) is 4.76. The van der Waals surface area contributed by atoms with Crippen molar-refractivity contribution >= 4 is 11.6 Å². The van der Waals surface area contributed by atoms with Gasteiger partial charge in [-0.15, -0.1) is 0 Å². The number of carbonyl (C=O) groups is 1. The summed E-state index contributed by atoms with van der Waals surface area (Å²) in [6, 6.07) is 3.57. The molecule has 0 radical (unpaired) electrons. The molecule has 0 unspecified atom stereocenters. The van der Waals surface area contributed by atoms with Gasteiger partial charge in [-0.3, -0.25) is 9.78 Å². The zero-order chi connectivity index (χ0) is 12.9. The Kier molecular flexibility index (Phi) is 4.45. The van der Waals surface area contributed by atoms with E-state index >= 15 is 0 Å². The lowest BCUT2D eigenvalue weighted by molar-refractivity contribution is 0.0958. The highest BCUT2D eigenvalue weighted by atomic mass is 16.1. The second-order valence-corrected chi connectivity index (χ2v) is 4.56. The highest BCUT2D eigenvalue weighted by Crippen LogP contribution is 2.17. The Labute approximate surface area is 102 Å². The van der Waals surface area contributed by atoms with E-state index in [0.717, 1.165) is 12.1 Å². The molecule has 0 aromatic carbocycles. The van der Waals surface area contributed by atoms with Gasteiger partial charge in [-0.1, -0.05) is 0 Å². The van der Waals surface area contributed by atoms with E-state index in [1.54, 1.807) is 19.3 Å². The van der Waals surface area contributed by atoms with Crippen molar-refractivity contribution in [3.8, 4) is 0 Å². The molecule has 0 saturated carbocycles. The lowest BCUT2D eigenvalue weighted by Crippen LogP contribution is -2.33.